The Hall–Kier alpha value is -1.35. The fourth-order valence-electron chi connectivity index (χ4n) is 1.52. The molecule has 3 heteroatoms. The summed E-state index contributed by atoms with van der Waals surface area (Å²) >= 11 is 0. The second-order valence-corrected chi connectivity index (χ2v) is 3.14. The molecule has 1 heterocycles. The molecule has 0 spiro atoms. The van der Waals surface area contributed by atoms with Crippen LogP contribution in [0.4, 0.5) is 4.39 Å². The van der Waals surface area contributed by atoms with Gasteiger partial charge in [0.1, 0.15) is 5.82 Å². The lowest BCUT2D eigenvalue weighted by molar-refractivity contribution is 0.633. The van der Waals surface area contributed by atoms with Gasteiger partial charge in [0, 0.05) is 25.2 Å². The monoisotopic (exact) mass is 178 g/mol. The largest absolute Gasteiger partial charge is 0.348 e. The van der Waals surface area contributed by atoms with E-state index < -0.39 is 0 Å². The van der Waals surface area contributed by atoms with E-state index in [-0.39, 0.29) is 5.82 Å². The Morgan fingerprint density at radius 1 is 1.46 bits per heavy atom. The predicted octanol–water partition coefficient (Wildman–Crippen LogP) is 1.78. The van der Waals surface area contributed by atoms with E-state index in [2.05, 4.69) is 0 Å². The van der Waals surface area contributed by atoms with E-state index in [0.717, 1.165) is 11.1 Å². The molecule has 1 aromatic heterocycles. The minimum absolute atomic E-state index is 0.187. The standard InChI is InChI=1S/C10H11FN2/c1-13-6-9(11)8-4-7(5-12)2-3-10(8)13/h2-4,6H,5,12H2,1H3. The van der Waals surface area contributed by atoms with Gasteiger partial charge in [-0.25, -0.2) is 4.39 Å². The van der Waals surface area contributed by atoms with Crippen LogP contribution in [0.25, 0.3) is 10.9 Å². The third-order valence-electron chi connectivity index (χ3n) is 2.24. The smallest absolute Gasteiger partial charge is 0.148 e. The van der Waals surface area contributed by atoms with Crippen LogP contribution in [0.3, 0.4) is 0 Å². The van der Waals surface area contributed by atoms with Crippen molar-refractivity contribution in [2.75, 3.05) is 0 Å². The maximum absolute atomic E-state index is 13.3. The summed E-state index contributed by atoms with van der Waals surface area (Å²) in [5.74, 6) is -0.187. The zero-order valence-electron chi connectivity index (χ0n) is 7.42. The van der Waals surface area contributed by atoms with Crippen molar-refractivity contribution in [2.24, 2.45) is 12.8 Å². The summed E-state index contributed by atoms with van der Waals surface area (Å²) in [4.78, 5) is 0. The summed E-state index contributed by atoms with van der Waals surface area (Å²) < 4.78 is 15.0. The Balaban J connectivity index is 2.76. The van der Waals surface area contributed by atoms with Gasteiger partial charge in [0.25, 0.3) is 0 Å². The van der Waals surface area contributed by atoms with Crippen LogP contribution in [0.15, 0.2) is 24.4 Å². The molecule has 0 saturated heterocycles. The van der Waals surface area contributed by atoms with Crippen molar-refractivity contribution in [3.8, 4) is 0 Å². The van der Waals surface area contributed by atoms with Crippen molar-refractivity contribution < 1.29 is 4.39 Å². The molecule has 0 fully saturated rings. The number of hydrogen-bond donors (Lipinski definition) is 1. The van der Waals surface area contributed by atoms with Gasteiger partial charge in [-0.1, -0.05) is 6.07 Å². The fourth-order valence-corrected chi connectivity index (χ4v) is 1.52. The van der Waals surface area contributed by atoms with Crippen LogP contribution < -0.4 is 5.73 Å². The molecule has 0 bridgehead atoms. The zero-order chi connectivity index (χ0) is 9.42. The Morgan fingerprint density at radius 3 is 2.92 bits per heavy atom. The maximum atomic E-state index is 13.3. The Morgan fingerprint density at radius 2 is 2.23 bits per heavy atom. The Kier molecular flexibility index (Phi) is 1.81. The van der Waals surface area contributed by atoms with Crippen LogP contribution >= 0.6 is 0 Å². The summed E-state index contributed by atoms with van der Waals surface area (Å²) in [6.07, 6.45) is 1.48. The van der Waals surface area contributed by atoms with Gasteiger partial charge >= 0.3 is 0 Å². The number of benzene rings is 1. The molecule has 0 unspecified atom stereocenters. The summed E-state index contributed by atoms with van der Waals surface area (Å²) in [5.41, 5.74) is 7.32. The first kappa shape index (κ1) is 8.26. The molecule has 2 nitrogen and oxygen atoms in total. The molecule has 68 valence electrons. The summed E-state index contributed by atoms with van der Waals surface area (Å²) in [7, 11) is 1.83. The molecule has 0 amide bonds. The number of rotatable bonds is 1. The van der Waals surface area contributed by atoms with Gasteiger partial charge in [0.05, 0.1) is 5.52 Å². The number of aryl methyl sites for hydroxylation is 1. The van der Waals surface area contributed by atoms with Gasteiger partial charge in [0.2, 0.25) is 0 Å². The molecule has 0 aliphatic carbocycles. The normalized spacial score (nSPS) is 11.0. The molecule has 0 saturated carbocycles. The molecule has 0 aliphatic heterocycles. The lowest BCUT2D eigenvalue weighted by Crippen LogP contribution is -1.95. The number of aromatic nitrogens is 1. The molecular weight excluding hydrogens is 167 g/mol. The summed E-state index contributed by atoms with van der Waals surface area (Å²) in [6.45, 7) is 0.449. The van der Waals surface area contributed by atoms with Gasteiger partial charge in [0.15, 0.2) is 0 Å². The van der Waals surface area contributed by atoms with Crippen molar-refractivity contribution in [3.63, 3.8) is 0 Å². The van der Waals surface area contributed by atoms with Gasteiger partial charge in [-0.15, -0.1) is 0 Å². The Bertz CT molecular complexity index is 445. The average Bonchev–Trinajstić information content (AvgIpc) is 2.42. The van der Waals surface area contributed by atoms with Crippen molar-refractivity contribution in [3.05, 3.63) is 35.8 Å². The van der Waals surface area contributed by atoms with Crippen molar-refractivity contribution >= 4 is 10.9 Å². The molecule has 2 rings (SSSR count). The average molecular weight is 178 g/mol. The highest BCUT2D eigenvalue weighted by Gasteiger charge is 2.05. The summed E-state index contributed by atoms with van der Waals surface area (Å²) in [6, 6.07) is 5.60. The predicted molar refractivity (Wildman–Crippen MR) is 50.8 cm³/mol. The zero-order valence-corrected chi connectivity index (χ0v) is 7.42. The first-order chi connectivity index (χ1) is 6.22. The number of nitrogens with two attached hydrogens (primary N) is 1. The lowest BCUT2D eigenvalue weighted by Gasteiger charge is -1.98. The van der Waals surface area contributed by atoms with E-state index in [0.29, 0.717) is 11.9 Å². The Labute approximate surface area is 75.8 Å². The van der Waals surface area contributed by atoms with Crippen LogP contribution in [0.1, 0.15) is 5.56 Å². The molecule has 0 radical (unpaired) electrons. The van der Waals surface area contributed by atoms with Crippen LogP contribution in [0.2, 0.25) is 0 Å². The number of fused-ring (bicyclic) bond motifs is 1. The van der Waals surface area contributed by atoms with E-state index >= 15 is 0 Å². The highest BCUT2D eigenvalue weighted by molar-refractivity contribution is 5.81. The second-order valence-electron chi connectivity index (χ2n) is 3.14. The van der Waals surface area contributed by atoms with Gasteiger partial charge in [-0.3, -0.25) is 0 Å². The van der Waals surface area contributed by atoms with E-state index in [1.165, 1.54) is 6.20 Å². The highest BCUT2D eigenvalue weighted by atomic mass is 19.1. The quantitative estimate of drug-likeness (QED) is 0.709. The van der Waals surface area contributed by atoms with Crippen LogP contribution in [-0.4, -0.2) is 4.57 Å². The minimum Gasteiger partial charge on any atom is -0.348 e. The van der Waals surface area contributed by atoms with Crippen LogP contribution in [0, 0.1) is 5.82 Å². The molecule has 13 heavy (non-hydrogen) atoms. The van der Waals surface area contributed by atoms with Crippen molar-refractivity contribution in [1.29, 1.82) is 0 Å². The van der Waals surface area contributed by atoms with Crippen molar-refractivity contribution in [1.82, 2.24) is 4.57 Å². The van der Waals surface area contributed by atoms with E-state index in [4.69, 9.17) is 5.73 Å². The molecule has 0 atom stereocenters. The van der Waals surface area contributed by atoms with E-state index in [9.17, 15) is 4.39 Å². The second kappa shape index (κ2) is 2.85. The van der Waals surface area contributed by atoms with Crippen molar-refractivity contribution in [2.45, 2.75) is 6.54 Å². The number of halogens is 1. The van der Waals surface area contributed by atoms with Gasteiger partial charge in [-0.05, 0) is 17.7 Å². The highest BCUT2D eigenvalue weighted by Crippen LogP contribution is 2.20. The third-order valence-corrected chi connectivity index (χ3v) is 2.24. The first-order valence-electron chi connectivity index (χ1n) is 4.16. The lowest BCUT2D eigenvalue weighted by atomic mass is 10.1. The van der Waals surface area contributed by atoms with Gasteiger partial charge in [-0.2, -0.15) is 0 Å². The number of hydrogen-bond acceptors (Lipinski definition) is 1. The minimum atomic E-state index is -0.187. The fraction of sp³-hybridized carbons (Fsp3) is 0.200. The molecular formula is C10H11FN2. The topological polar surface area (TPSA) is 30.9 Å². The third kappa shape index (κ3) is 1.21. The van der Waals surface area contributed by atoms with Crippen LogP contribution in [0.5, 0.6) is 0 Å². The SMILES string of the molecule is Cn1cc(F)c2cc(CN)ccc21. The molecule has 2 N–H and O–H groups in total. The molecule has 2 aromatic rings. The van der Waals surface area contributed by atoms with Gasteiger partial charge < -0.3 is 10.3 Å². The first-order valence-corrected chi connectivity index (χ1v) is 4.16. The molecule has 1 aromatic carbocycles. The van der Waals surface area contributed by atoms with E-state index in [1.807, 2.05) is 19.2 Å². The van der Waals surface area contributed by atoms with E-state index in [1.54, 1.807) is 10.6 Å². The summed E-state index contributed by atoms with van der Waals surface area (Å²) in [5, 5.41) is 0.644. The number of nitrogens with zero attached hydrogens (tertiary/aromatic N) is 1. The maximum Gasteiger partial charge on any atom is 0.148 e. The van der Waals surface area contributed by atoms with Crippen LogP contribution in [-0.2, 0) is 13.6 Å². The molecule has 0 aliphatic rings.